The van der Waals surface area contributed by atoms with E-state index in [1.807, 2.05) is 7.05 Å². The second-order valence-electron chi connectivity index (χ2n) is 7.25. The molecule has 0 bridgehead atoms. The molecular weight excluding hydrogens is 302 g/mol. The molecule has 1 aromatic carbocycles. The Hall–Kier alpha value is -1.91. The SMILES string of the molecule is CN=C(NCC1(c2ccc3c(c2)OCO3)CCCCC1)NC1CC1. The molecule has 2 fully saturated rings. The largest absolute Gasteiger partial charge is 0.454 e. The van der Waals surface area contributed by atoms with E-state index in [0.717, 1.165) is 24.0 Å². The van der Waals surface area contributed by atoms with Gasteiger partial charge in [-0.3, -0.25) is 4.99 Å². The molecule has 0 radical (unpaired) electrons. The molecule has 1 aliphatic heterocycles. The number of hydrogen-bond acceptors (Lipinski definition) is 3. The van der Waals surface area contributed by atoms with Gasteiger partial charge in [0.05, 0.1) is 0 Å². The first kappa shape index (κ1) is 15.6. The average Bonchev–Trinajstić information content (AvgIpc) is 3.32. The molecule has 1 aromatic rings. The molecule has 24 heavy (non-hydrogen) atoms. The maximum atomic E-state index is 5.60. The van der Waals surface area contributed by atoms with E-state index < -0.39 is 0 Å². The minimum Gasteiger partial charge on any atom is -0.454 e. The summed E-state index contributed by atoms with van der Waals surface area (Å²) in [6.45, 7) is 1.25. The van der Waals surface area contributed by atoms with Crippen molar-refractivity contribution >= 4 is 5.96 Å². The zero-order valence-corrected chi connectivity index (χ0v) is 14.4. The molecule has 0 unspecified atom stereocenters. The Bertz CT molecular complexity index is 619. The van der Waals surface area contributed by atoms with Crippen LogP contribution in [0.2, 0.25) is 0 Å². The molecule has 130 valence electrons. The van der Waals surface area contributed by atoms with Gasteiger partial charge in [0.2, 0.25) is 6.79 Å². The van der Waals surface area contributed by atoms with Gasteiger partial charge in [0.25, 0.3) is 0 Å². The molecule has 0 atom stereocenters. The van der Waals surface area contributed by atoms with Crippen molar-refractivity contribution in [2.45, 2.75) is 56.4 Å². The summed E-state index contributed by atoms with van der Waals surface area (Å²) < 4.78 is 11.1. The van der Waals surface area contributed by atoms with E-state index in [1.54, 1.807) is 0 Å². The Labute approximate surface area is 143 Å². The second kappa shape index (κ2) is 6.54. The highest BCUT2D eigenvalue weighted by Crippen LogP contribution is 2.43. The van der Waals surface area contributed by atoms with Crippen LogP contribution in [0.5, 0.6) is 11.5 Å². The van der Waals surface area contributed by atoms with Crippen LogP contribution in [0, 0.1) is 0 Å². The third kappa shape index (κ3) is 3.17. The molecule has 1 heterocycles. The van der Waals surface area contributed by atoms with E-state index in [1.165, 1.54) is 50.5 Å². The Morgan fingerprint density at radius 1 is 1.17 bits per heavy atom. The molecule has 5 heteroatoms. The minimum absolute atomic E-state index is 0.153. The molecule has 0 aromatic heterocycles. The molecule has 2 saturated carbocycles. The van der Waals surface area contributed by atoms with Crippen molar-refractivity contribution in [3.8, 4) is 11.5 Å². The van der Waals surface area contributed by atoms with Crippen molar-refractivity contribution in [1.29, 1.82) is 0 Å². The van der Waals surface area contributed by atoms with Gasteiger partial charge >= 0.3 is 0 Å². The van der Waals surface area contributed by atoms with Gasteiger partial charge in [-0.05, 0) is 43.4 Å². The van der Waals surface area contributed by atoms with Gasteiger partial charge in [0.1, 0.15) is 0 Å². The van der Waals surface area contributed by atoms with Crippen LogP contribution in [-0.2, 0) is 5.41 Å². The van der Waals surface area contributed by atoms with E-state index in [-0.39, 0.29) is 5.41 Å². The normalized spacial score (nSPS) is 22.3. The second-order valence-corrected chi connectivity index (χ2v) is 7.25. The van der Waals surface area contributed by atoms with Crippen LogP contribution in [0.4, 0.5) is 0 Å². The fourth-order valence-electron chi connectivity index (χ4n) is 3.89. The third-order valence-corrected chi connectivity index (χ3v) is 5.53. The molecule has 4 rings (SSSR count). The smallest absolute Gasteiger partial charge is 0.231 e. The molecule has 0 saturated heterocycles. The van der Waals surface area contributed by atoms with Gasteiger partial charge in [-0.25, -0.2) is 0 Å². The van der Waals surface area contributed by atoms with Crippen molar-refractivity contribution in [3.63, 3.8) is 0 Å². The quantitative estimate of drug-likeness (QED) is 0.659. The van der Waals surface area contributed by atoms with E-state index in [4.69, 9.17) is 9.47 Å². The number of guanidine groups is 1. The highest BCUT2D eigenvalue weighted by molar-refractivity contribution is 5.80. The van der Waals surface area contributed by atoms with Gasteiger partial charge < -0.3 is 20.1 Å². The fraction of sp³-hybridized carbons (Fsp3) is 0.632. The van der Waals surface area contributed by atoms with Gasteiger partial charge in [0, 0.05) is 25.0 Å². The van der Waals surface area contributed by atoms with Crippen LogP contribution in [0.1, 0.15) is 50.5 Å². The highest BCUT2D eigenvalue weighted by Gasteiger charge is 2.35. The molecule has 5 nitrogen and oxygen atoms in total. The number of benzene rings is 1. The Morgan fingerprint density at radius 2 is 1.96 bits per heavy atom. The minimum atomic E-state index is 0.153. The predicted octanol–water partition coefficient (Wildman–Crippen LogP) is 2.94. The van der Waals surface area contributed by atoms with Gasteiger partial charge in [-0.15, -0.1) is 0 Å². The Balaban J connectivity index is 1.53. The number of fused-ring (bicyclic) bond motifs is 1. The van der Waals surface area contributed by atoms with Crippen molar-refractivity contribution in [2.24, 2.45) is 4.99 Å². The number of rotatable bonds is 4. The van der Waals surface area contributed by atoms with Crippen LogP contribution in [0.25, 0.3) is 0 Å². The van der Waals surface area contributed by atoms with Crippen molar-refractivity contribution in [2.75, 3.05) is 20.4 Å². The first-order chi connectivity index (χ1) is 11.8. The lowest BCUT2D eigenvalue weighted by atomic mass is 9.69. The molecule has 2 N–H and O–H groups in total. The van der Waals surface area contributed by atoms with E-state index in [0.29, 0.717) is 12.8 Å². The summed E-state index contributed by atoms with van der Waals surface area (Å²) in [6, 6.07) is 7.08. The third-order valence-electron chi connectivity index (χ3n) is 5.53. The topological polar surface area (TPSA) is 54.9 Å². The lowest BCUT2D eigenvalue weighted by Gasteiger charge is -2.38. The molecule has 3 aliphatic rings. The molecular formula is C19H27N3O2. The summed E-state index contributed by atoms with van der Waals surface area (Å²) in [4.78, 5) is 4.38. The summed E-state index contributed by atoms with van der Waals surface area (Å²) in [5, 5.41) is 7.07. The zero-order valence-electron chi connectivity index (χ0n) is 14.4. The van der Waals surface area contributed by atoms with Crippen LogP contribution < -0.4 is 20.1 Å². The highest BCUT2D eigenvalue weighted by atomic mass is 16.7. The summed E-state index contributed by atoms with van der Waals surface area (Å²) in [7, 11) is 1.85. The zero-order chi connectivity index (χ0) is 16.4. The fourth-order valence-corrected chi connectivity index (χ4v) is 3.89. The predicted molar refractivity (Wildman–Crippen MR) is 94.8 cm³/mol. The summed E-state index contributed by atoms with van der Waals surface area (Å²) in [6.07, 6.45) is 8.83. The number of aliphatic imine (C=N–C) groups is 1. The van der Waals surface area contributed by atoms with Crippen molar-refractivity contribution in [1.82, 2.24) is 10.6 Å². The molecule has 0 spiro atoms. The molecule has 2 aliphatic carbocycles. The van der Waals surface area contributed by atoms with Crippen LogP contribution in [0.3, 0.4) is 0 Å². The number of nitrogens with zero attached hydrogens (tertiary/aromatic N) is 1. The maximum Gasteiger partial charge on any atom is 0.231 e. The Morgan fingerprint density at radius 3 is 2.71 bits per heavy atom. The maximum absolute atomic E-state index is 5.60. The summed E-state index contributed by atoms with van der Waals surface area (Å²) in [5.74, 6) is 2.69. The number of hydrogen-bond donors (Lipinski definition) is 2. The number of nitrogens with one attached hydrogen (secondary N) is 2. The summed E-state index contributed by atoms with van der Waals surface area (Å²) >= 11 is 0. The van der Waals surface area contributed by atoms with Crippen LogP contribution in [-0.4, -0.2) is 32.4 Å². The van der Waals surface area contributed by atoms with Gasteiger partial charge in [-0.1, -0.05) is 25.3 Å². The lowest BCUT2D eigenvalue weighted by Crippen LogP contribution is -2.47. The van der Waals surface area contributed by atoms with Crippen LogP contribution in [0.15, 0.2) is 23.2 Å². The monoisotopic (exact) mass is 329 g/mol. The Kier molecular flexibility index (Phi) is 4.25. The lowest BCUT2D eigenvalue weighted by molar-refractivity contribution is 0.174. The summed E-state index contributed by atoms with van der Waals surface area (Å²) in [5.41, 5.74) is 1.52. The van der Waals surface area contributed by atoms with Crippen LogP contribution >= 0.6 is 0 Å². The first-order valence-corrected chi connectivity index (χ1v) is 9.16. The van der Waals surface area contributed by atoms with E-state index >= 15 is 0 Å². The van der Waals surface area contributed by atoms with Gasteiger partial charge in [0.15, 0.2) is 17.5 Å². The van der Waals surface area contributed by atoms with Crippen molar-refractivity contribution in [3.05, 3.63) is 23.8 Å². The van der Waals surface area contributed by atoms with Gasteiger partial charge in [-0.2, -0.15) is 0 Å². The average molecular weight is 329 g/mol. The van der Waals surface area contributed by atoms with E-state index in [2.05, 4.69) is 33.8 Å². The number of ether oxygens (including phenoxy) is 2. The van der Waals surface area contributed by atoms with Crippen molar-refractivity contribution < 1.29 is 9.47 Å². The molecule has 0 amide bonds. The standard InChI is InChI=1S/C19H27N3O2/c1-20-18(22-15-6-7-15)21-12-19(9-3-2-4-10-19)14-5-8-16-17(11-14)24-13-23-16/h5,8,11,15H,2-4,6-7,9-10,12-13H2,1H3,(H2,20,21,22). The first-order valence-electron chi connectivity index (χ1n) is 9.16. The van der Waals surface area contributed by atoms with E-state index in [9.17, 15) is 0 Å².